The first-order chi connectivity index (χ1) is 17.9. The third kappa shape index (κ3) is 5.01. The molecule has 0 heterocycles. The molecule has 0 spiro atoms. The van der Waals surface area contributed by atoms with Crippen LogP contribution in [0, 0.1) is 40.4 Å². The summed E-state index contributed by atoms with van der Waals surface area (Å²) in [5.41, 5.74) is 1.49. The molecule has 0 amide bonds. The van der Waals surface area contributed by atoms with Crippen molar-refractivity contribution in [1.82, 2.24) is 0 Å². The average Bonchev–Trinajstić information content (AvgIpc) is 3.22. The summed E-state index contributed by atoms with van der Waals surface area (Å²) >= 11 is 0. The fourth-order valence-electron chi connectivity index (χ4n) is 9.60. The monoisotopic (exact) mass is 522 g/mol. The number of rotatable bonds is 7. The van der Waals surface area contributed by atoms with Gasteiger partial charge in [-0.2, -0.15) is 0 Å². The standard InChI is InChI=1S/C34H50O4/c1-22(10-9-18-32(2,3)37)27-15-16-28-26-14-13-24-20-25(38-31(36)23-11-7-6-8-12-23)21-30(35)34(24,5)29(26)17-19-33(27,28)4/h6-8,11-13,22,25-30,35,37H,9-10,14-21H2,1-5H3/t22-,25?,26+,27-,28+,29+,30?,33-,34+/m1/s1. The molecule has 2 N–H and O–H groups in total. The second kappa shape index (κ2) is 10.4. The van der Waals surface area contributed by atoms with Gasteiger partial charge >= 0.3 is 5.97 Å². The number of aliphatic hydroxyl groups is 2. The Morgan fingerprint density at radius 1 is 1.13 bits per heavy atom. The van der Waals surface area contributed by atoms with Crippen LogP contribution in [0.5, 0.6) is 0 Å². The van der Waals surface area contributed by atoms with E-state index in [1.165, 1.54) is 37.7 Å². The van der Waals surface area contributed by atoms with Gasteiger partial charge < -0.3 is 14.9 Å². The summed E-state index contributed by atoms with van der Waals surface area (Å²) in [6.07, 6.45) is 12.3. The maximum Gasteiger partial charge on any atom is 0.338 e. The van der Waals surface area contributed by atoms with Crippen molar-refractivity contribution in [3.05, 3.63) is 47.5 Å². The van der Waals surface area contributed by atoms with Gasteiger partial charge in [-0.1, -0.05) is 63.5 Å². The first-order valence-electron chi connectivity index (χ1n) is 15.3. The molecule has 0 aliphatic heterocycles. The van der Waals surface area contributed by atoms with Crippen LogP contribution in [0.2, 0.25) is 0 Å². The highest BCUT2D eigenvalue weighted by Crippen LogP contribution is 2.67. The highest BCUT2D eigenvalue weighted by Gasteiger charge is 2.61. The lowest BCUT2D eigenvalue weighted by Gasteiger charge is -2.59. The minimum atomic E-state index is -0.568. The molecule has 5 rings (SSSR count). The summed E-state index contributed by atoms with van der Waals surface area (Å²) in [6, 6.07) is 9.19. The molecule has 0 radical (unpaired) electrons. The van der Waals surface area contributed by atoms with Crippen LogP contribution in [-0.4, -0.2) is 34.0 Å². The van der Waals surface area contributed by atoms with Crippen molar-refractivity contribution in [2.45, 2.75) is 117 Å². The molecule has 4 heteroatoms. The van der Waals surface area contributed by atoms with E-state index in [1.807, 2.05) is 32.0 Å². The van der Waals surface area contributed by atoms with Gasteiger partial charge in [-0.15, -0.1) is 0 Å². The summed E-state index contributed by atoms with van der Waals surface area (Å²) < 4.78 is 5.90. The molecule has 0 bridgehead atoms. The maximum absolute atomic E-state index is 12.7. The van der Waals surface area contributed by atoms with Crippen LogP contribution < -0.4 is 0 Å². The molecule has 0 saturated heterocycles. The number of allylic oxidation sites excluding steroid dienone is 1. The normalized spacial score (nSPS) is 39.4. The van der Waals surface area contributed by atoms with E-state index in [2.05, 4.69) is 26.8 Å². The zero-order valence-electron chi connectivity index (χ0n) is 24.3. The first kappa shape index (κ1) is 27.9. The number of benzene rings is 1. The van der Waals surface area contributed by atoms with Crippen LogP contribution in [0.1, 0.15) is 109 Å². The Morgan fingerprint density at radius 2 is 1.87 bits per heavy atom. The van der Waals surface area contributed by atoms with E-state index in [0.29, 0.717) is 35.2 Å². The van der Waals surface area contributed by atoms with Crippen LogP contribution in [0.3, 0.4) is 0 Å². The molecule has 4 aliphatic rings. The van der Waals surface area contributed by atoms with Gasteiger partial charge in [0.25, 0.3) is 0 Å². The molecule has 0 aromatic heterocycles. The summed E-state index contributed by atoms with van der Waals surface area (Å²) in [5.74, 6) is 3.02. The molecule has 9 atom stereocenters. The topological polar surface area (TPSA) is 66.8 Å². The van der Waals surface area contributed by atoms with Gasteiger partial charge in [-0.25, -0.2) is 4.79 Å². The van der Waals surface area contributed by atoms with Crippen molar-refractivity contribution in [3.63, 3.8) is 0 Å². The number of carbonyl (C=O) groups excluding carboxylic acids is 1. The fourth-order valence-corrected chi connectivity index (χ4v) is 9.60. The molecule has 4 aliphatic carbocycles. The lowest BCUT2D eigenvalue weighted by molar-refractivity contribution is -0.109. The second-order valence-electron chi connectivity index (χ2n) is 14.4. The third-order valence-corrected chi connectivity index (χ3v) is 11.7. The Hall–Kier alpha value is -1.65. The van der Waals surface area contributed by atoms with E-state index < -0.39 is 11.7 Å². The Morgan fingerprint density at radius 3 is 2.58 bits per heavy atom. The van der Waals surface area contributed by atoms with Crippen molar-refractivity contribution in [2.24, 2.45) is 40.4 Å². The lowest BCUT2D eigenvalue weighted by Crippen LogP contribution is -2.56. The van der Waals surface area contributed by atoms with Gasteiger partial charge in [0, 0.05) is 18.3 Å². The van der Waals surface area contributed by atoms with Crippen molar-refractivity contribution in [1.29, 1.82) is 0 Å². The van der Waals surface area contributed by atoms with Crippen molar-refractivity contribution in [2.75, 3.05) is 0 Å². The molecular weight excluding hydrogens is 472 g/mol. The minimum Gasteiger partial charge on any atom is -0.458 e. The molecule has 1 aromatic carbocycles. The summed E-state index contributed by atoms with van der Waals surface area (Å²) in [5, 5.41) is 21.8. The van der Waals surface area contributed by atoms with E-state index in [1.54, 1.807) is 12.1 Å². The van der Waals surface area contributed by atoms with E-state index in [4.69, 9.17) is 4.74 Å². The predicted octanol–water partition coefficient (Wildman–Crippen LogP) is 7.34. The van der Waals surface area contributed by atoms with Crippen molar-refractivity contribution in [3.8, 4) is 0 Å². The van der Waals surface area contributed by atoms with E-state index >= 15 is 0 Å². The van der Waals surface area contributed by atoms with Gasteiger partial charge in [0.2, 0.25) is 0 Å². The number of aliphatic hydroxyl groups excluding tert-OH is 1. The zero-order valence-corrected chi connectivity index (χ0v) is 24.3. The molecule has 210 valence electrons. The highest BCUT2D eigenvalue weighted by atomic mass is 16.5. The third-order valence-electron chi connectivity index (χ3n) is 11.7. The van der Waals surface area contributed by atoms with Crippen molar-refractivity contribution < 1.29 is 19.7 Å². The number of hydrogen-bond donors (Lipinski definition) is 2. The molecule has 2 unspecified atom stereocenters. The predicted molar refractivity (Wildman–Crippen MR) is 152 cm³/mol. The number of esters is 1. The molecule has 4 nitrogen and oxygen atoms in total. The SMILES string of the molecule is C[C@H](CCCC(C)(C)O)[C@H]1CC[C@H]2[C@@H]3CC=C4CC(OC(=O)c5ccccc5)CC(O)[C@]4(C)[C@H]3CC[C@]12C. The quantitative estimate of drug-likeness (QED) is 0.290. The Kier molecular flexibility index (Phi) is 7.63. The smallest absolute Gasteiger partial charge is 0.338 e. The maximum atomic E-state index is 12.7. The Labute approximate surface area is 230 Å². The zero-order chi connectivity index (χ0) is 27.3. The second-order valence-corrected chi connectivity index (χ2v) is 14.4. The number of hydrogen-bond acceptors (Lipinski definition) is 4. The molecule has 1 aromatic rings. The molecule has 3 fully saturated rings. The van der Waals surface area contributed by atoms with Gasteiger partial charge in [0.15, 0.2) is 0 Å². The fraction of sp³-hybridized carbons (Fsp3) is 0.735. The summed E-state index contributed by atoms with van der Waals surface area (Å²) in [4.78, 5) is 12.7. The van der Waals surface area contributed by atoms with Gasteiger partial charge in [-0.3, -0.25) is 0 Å². The number of carbonyl (C=O) groups is 1. The largest absolute Gasteiger partial charge is 0.458 e. The summed E-state index contributed by atoms with van der Waals surface area (Å²) in [7, 11) is 0. The molecule has 38 heavy (non-hydrogen) atoms. The van der Waals surface area contributed by atoms with E-state index in [0.717, 1.165) is 37.5 Å². The summed E-state index contributed by atoms with van der Waals surface area (Å²) in [6.45, 7) is 11.2. The number of fused-ring (bicyclic) bond motifs is 5. The van der Waals surface area contributed by atoms with Crippen LogP contribution in [-0.2, 0) is 4.74 Å². The van der Waals surface area contributed by atoms with Crippen LogP contribution >= 0.6 is 0 Å². The van der Waals surface area contributed by atoms with Gasteiger partial charge in [0.1, 0.15) is 6.10 Å². The highest BCUT2D eigenvalue weighted by molar-refractivity contribution is 5.89. The van der Waals surface area contributed by atoms with Crippen LogP contribution in [0.15, 0.2) is 42.0 Å². The lowest BCUT2D eigenvalue weighted by atomic mass is 9.46. The molecular formula is C34H50O4. The Bertz CT molecular complexity index is 1020. The van der Waals surface area contributed by atoms with E-state index in [9.17, 15) is 15.0 Å². The average molecular weight is 523 g/mol. The van der Waals surface area contributed by atoms with Gasteiger partial charge in [0.05, 0.1) is 17.3 Å². The van der Waals surface area contributed by atoms with Crippen LogP contribution in [0.4, 0.5) is 0 Å². The Balaban J connectivity index is 1.28. The van der Waals surface area contributed by atoms with Crippen LogP contribution in [0.25, 0.3) is 0 Å². The first-order valence-corrected chi connectivity index (χ1v) is 15.3. The van der Waals surface area contributed by atoms with Gasteiger partial charge in [-0.05, 0) is 99.5 Å². The molecule has 3 saturated carbocycles. The number of ether oxygens (including phenoxy) is 1. The van der Waals surface area contributed by atoms with Crippen molar-refractivity contribution >= 4 is 5.97 Å². The van der Waals surface area contributed by atoms with E-state index in [-0.39, 0.29) is 17.5 Å². The minimum absolute atomic E-state index is 0.212.